The normalized spacial score (nSPS) is 17.8. The average molecular weight is 361 g/mol. The van der Waals surface area contributed by atoms with E-state index in [1.807, 2.05) is 44.2 Å². The Kier molecular flexibility index (Phi) is 7.00. The molecule has 1 aliphatic rings. The van der Waals surface area contributed by atoms with E-state index in [0.717, 1.165) is 5.56 Å². The molecule has 7 heteroatoms. The van der Waals surface area contributed by atoms with Gasteiger partial charge in [0.25, 0.3) is 0 Å². The van der Waals surface area contributed by atoms with Gasteiger partial charge >= 0.3 is 6.09 Å². The number of hydrogen-bond acceptors (Lipinski definition) is 5. The monoisotopic (exact) mass is 361 g/mol. The maximum absolute atomic E-state index is 12.5. The van der Waals surface area contributed by atoms with Crippen LogP contribution in [0.3, 0.4) is 0 Å². The molecular weight excluding hydrogens is 336 g/mol. The number of carboxylic acid groups (broad SMARTS) is 1. The molecule has 0 saturated carbocycles. The van der Waals surface area contributed by atoms with Crippen molar-refractivity contribution in [2.45, 2.75) is 51.8 Å². The zero-order valence-corrected chi connectivity index (χ0v) is 15.1. The molecule has 1 aromatic rings. The molecule has 1 aliphatic heterocycles. The van der Waals surface area contributed by atoms with Gasteiger partial charge < -0.3 is 20.0 Å². The van der Waals surface area contributed by atoms with Crippen molar-refractivity contribution in [3.63, 3.8) is 0 Å². The van der Waals surface area contributed by atoms with E-state index in [-0.39, 0.29) is 18.9 Å². The maximum Gasteiger partial charge on any atom is 0.410 e. The highest BCUT2D eigenvalue weighted by molar-refractivity contribution is 5.89. The van der Waals surface area contributed by atoms with Crippen LogP contribution in [0.5, 0.6) is 0 Å². The number of benzene rings is 1. The maximum atomic E-state index is 12.5. The zero-order valence-electron chi connectivity index (χ0n) is 15.1. The van der Waals surface area contributed by atoms with E-state index < -0.39 is 30.1 Å². The molecule has 0 aliphatic carbocycles. The summed E-state index contributed by atoms with van der Waals surface area (Å²) in [4.78, 5) is 37.4. The van der Waals surface area contributed by atoms with Crippen LogP contribution < -0.4 is 10.4 Å². The van der Waals surface area contributed by atoms with Gasteiger partial charge in [0.15, 0.2) is 0 Å². The minimum Gasteiger partial charge on any atom is -0.548 e. The standard InChI is InChI=1S/C19H26N2O5/c1-13(2)11-15(18(23)24)20-17(22)16-9-6-10-21(16)19(25)26-12-14-7-4-3-5-8-14/h3-5,7-8,13,15-16H,6,9-12H2,1-2H3,(H,20,22)(H,23,24)/p-1/t15-,16-/m0/s1. The number of carbonyl (C=O) groups excluding carboxylic acids is 3. The highest BCUT2D eigenvalue weighted by Crippen LogP contribution is 2.19. The second kappa shape index (κ2) is 9.22. The number of nitrogens with zero attached hydrogens (tertiary/aromatic N) is 1. The summed E-state index contributed by atoms with van der Waals surface area (Å²) >= 11 is 0. The summed E-state index contributed by atoms with van der Waals surface area (Å²) in [6.07, 6.45) is 0.853. The number of nitrogens with one attached hydrogen (secondary N) is 1. The molecular formula is C19H25N2O5-. The number of rotatable bonds is 7. The summed E-state index contributed by atoms with van der Waals surface area (Å²) in [5.74, 6) is -1.70. The van der Waals surface area contributed by atoms with Crippen molar-refractivity contribution in [2.75, 3.05) is 6.54 Å². The van der Waals surface area contributed by atoms with Gasteiger partial charge in [-0.3, -0.25) is 9.69 Å². The number of hydrogen-bond donors (Lipinski definition) is 1. The second-order valence-electron chi connectivity index (χ2n) is 6.90. The highest BCUT2D eigenvalue weighted by atomic mass is 16.6. The molecule has 142 valence electrons. The molecule has 1 saturated heterocycles. The van der Waals surface area contributed by atoms with Gasteiger partial charge in [0.2, 0.25) is 5.91 Å². The Bertz CT molecular complexity index is 632. The van der Waals surface area contributed by atoms with E-state index >= 15 is 0 Å². The number of carboxylic acids is 1. The fourth-order valence-corrected chi connectivity index (χ4v) is 3.01. The third-order valence-electron chi connectivity index (χ3n) is 4.30. The Labute approximate surface area is 153 Å². The van der Waals surface area contributed by atoms with Crippen molar-refractivity contribution >= 4 is 18.0 Å². The zero-order chi connectivity index (χ0) is 19.1. The van der Waals surface area contributed by atoms with Crippen molar-refractivity contribution in [1.29, 1.82) is 0 Å². The highest BCUT2D eigenvalue weighted by Gasteiger charge is 2.36. The molecule has 7 nitrogen and oxygen atoms in total. The van der Waals surface area contributed by atoms with Crippen molar-refractivity contribution in [1.82, 2.24) is 10.2 Å². The van der Waals surface area contributed by atoms with Gasteiger partial charge in [0.1, 0.15) is 12.6 Å². The molecule has 26 heavy (non-hydrogen) atoms. The van der Waals surface area contributed by atoms with Crippen molar-refractivity contribution in [3.05, 3.63) is 35.9 Å². The van der Waals surface area contributed by atoms with Crippen LogP contribution in [-0.2, 0) is 20.9 Å². The fourth-order valence-electron chi connectivity index (χ4n) is 3.01. The topological polar surface area (TPSA) is 98.8 Å². The van der Waals surface area contributed by atoms with Gasteiger partial charge in [-0.05, 0) is 30.7 Å². The summed E-state index contributed by atoms with van der Waals surface area (Å²) in [7, 11) is 0. The Morgan fingerprint density at radius 3 is 2.58 bits per heavy atom. The van der Waals surface area contributed by atoms with Crippen LogP contribution in [0, 0.1) is 5.92 Å². The first-order chi connectivity index (χ1) is 12.4. The lowest BCUT2D eigenvalue weighted by atomic mass is 10.0. The van der Waals surface area contributed by atoms with Crippen LogP contribution in [0.4, 0.5) is 4.79 Å². The van der Waals surface area contributed by atoms with E-state index in [4.69, 9.17) is 4.74 Å². The second-order valence-corrected chi connectivity index (χ2v) is 6.90. The Balaban J connectivity index is 1.94. The third-order valence-corrected chi connectivity index (χ3v) is 4.30. The Morgan fingerprint density at radius 1 is 1.27 bits per heavy atom. The van der Waals surface area contributed by atoms with Gasteiger partial charge in [-0.15, -0.1) is 0 Å². The molecule has 1 heterocycles. The molecule has 1 fully saturated rings. The van der Waals surface area contributed by atoms with E-state index in [2.05, 4.69) is 5.32 Å². The molecule has 0 radical (unpaired) electrons. The number of amides is 2. The van der Waals surface area contributed by atoms with Crippen LogP contribution >= 0.6 is 0 Å². The molecule has 1 N–H and O–H groups in total. The van der Waals surface area contributed by atoms with E-state index in [1.165, 1.54) is 4.90 Å². The fraction of sp³-hybridized carbons (Fsp3) is 0.526. The van der Waals surface area contributed by atoms with E-state index in [0.29, 0.717) is 19.4 Å². The minimum absolute atomic E-state index is 0.0914. The molecule has 1 aromatic carbocycles. The quantitative estimate of drug-likeness (QED) is 0.783. The molecule has 0 aromatic heterocycles. The largest absolute Gasteiger partial charge is 0.548 e. The van der Waals surface area contributed by atoms with Crippen LogP contribution in [0.2, 0.25) is 0 Å². The summed E-state index contributed by atoms with van der Waals surface area (Å²) < 4.78 is 5.29. The number of likely N-dealkylation sites (tertiary alicyclic amines) is 1. The Hall–Kier alpha value is -2.57. The van der Waals surface area contributed by atoms with Gasteiger partial charge in [0.05, 0.1) is 12.0 Å². The summed E-state index contributed by atoms with van der Waals surface area (Å²) in [5, 5.41) is 13.7. The summed E-state index contributed by atoms with van der Waals surface area (Å²) in [6.45, 7) is 4.27. The number of aliphatic carboxylic acids is 1. The molecule has 0 spiro atoms. The van der Waals surface area contributed by atoms with Gasteiger partial charge in [0, 0.05) is 6.54 Å². The van der Waals surface area contributed by atoms with Crippen molar-refractivity contribution < 1.29 is 24.2 Å². The average Bonchev–Trinajstić information content (AvgIpc) is 3.09. The predicted molar refractivity (Wildman–Crippen MR) is 92.7 cm³/mol. The lowest BCUT2D eigenvalue weighted by Gasteiger charge is -2.27. The lowest BCUT2D eigenvalue weighted by molar-refractivity contribution is -0.308. The Morgan fingerprint density at radius 2 is 1.96 bits per heavy atom. The van der Waals surface area contributed by atoms with Crippen molar-refractivity contribution in [2.24, 2.45) is 5.92 Å². The first-order valence-corrected chi connectivity index (χ1v) is 8.87. The van der Waals surface area contributed by atoms with Crippen LogP contribution in [-0.4, -0.2) is 41.5 Å². The van der Waals surface area contributed by atoms with Crippen molar-refractivity contribution in [3.8, 4) is 0 Å². The summed E-state index contributed by atoms with van der Waals surface area (Å²) in [6, 6.07) is 7.48. The SMILES string of the molecule is CC(C)C[C@H](NC(=O)[C@@H]1CCCN1C(=O)OCc1ccccc1)C(=O)[O-]. The van der Waals surface area contributed by atoms with Gasteiger partial charge in [-0.25, -0.2) is 4.79 Å². The molecule has 0 unspecified atom stereocenters. The van der Waals surface area contributed by atoms with Crippen LogP contribution in [0.15, 0.2) is 30.3 Å². The lowest BCUT2D eigenvalue weighted by Crippen LogP contribution is -2.54. The smallest absolute Gasteiger partial charge is 0.410 e. The van der Waals surface area contributed by atoms with Crippen LogP contribution in [0.25, 0.3) is 0 Å². The van der Waals surface area contributed by atoms with Crippen LogP contribution in [0.1, 0.15) is 38.7 Å². The van der Waals surface area contributed by atoms with Gasteiger partial charge in [-0.2, -0.15) is 0 Å². The predicted octanol–water partition coefficient (Wildman–Crippen LogP) is 1.07. The molecule has 2 atom stereocenters. The third kappa shape index (κ3) is 5.47. The first-order valence-electron chi connectivity index (χ1n) is 8.87. The minimum atomic E-state index is -1.32. The molecule has 2 amide bonds. The number of carbonyl (C=O) groups is 3. The summed E-state index contributed by atoms with van der Waals surface area (Å²) in [5.41, 5.74) is 0.856. The molecule has 0 bridgehead atoms. The number of ether oxygens (including phenoxy) is 1. The van der Waals surface area contributed by atoms with Gasteiger partial charge in [-0.1, -0.05) is 44.2 Å². The van der Waals surface area contributed by atoms with E-state index in [9.17, 15) is 19.5 Å². The van der Waals surface area contributed by atoms with E-state index in [1.54, 1.807) is 0 Å². The first kappa shape index (κ1) is 19.8. The molecule has 2 rings (SSSR count).